The molecule has 1 aliphatic heterocycles. The maximum atomic E-state index is 11.3. The monoisotopic (exact) mass is 321 g/mol. The van der Waals surface area contributed by atoms with E-state index >= 15 is 0 Å². The van der Waals surface area contributed by atoms with Crippen LogP contribution in [0.15, 0.2) is 18.2 Å². The zero-order valence-electron chi connectivity index (χ0n) is 14.2. The summed E-state index contributed by atoms with van der Waals surface area (Å²) in [6.45, 7) is 8.83. The Balaban J connectivity index is 2.10. The van der Waals surface area contributed by atoms with Gasteiger partial charge in [0, 0.05) is 6.54 Å². The quantitative estimate of drug-likeness (QED) is 0.797. The number of carboxylic acid groups (broad SMARTS) is 1. The van der Waals surface area contributed by atoms with E-state index in [9.17, 15) is 9.90 Å². The molecule has 5 heteroatoms. The van der Waals surface area contributed by atoms with Gasteiger partial charge in [0.15, 0.2) is 11.5 Å². The smallest absolute Gasteiger partial charge is 0.320 e. The van der Waals surface area contributed by atoms with Gasteiger partial charge in [0.2, 0.25) is 0 Å². The van der Waals surface area contributed by atoms with Gasteiger partial charge in [-0.2, -0.15) is 0 Å². The normalized spacial score (nSPS) is 18.3. The standard InChI is InChI=1S/C18H27NO4/c1-4-22-17-10-14(7-8-16(17)23-12-13(2)3)11-19-9-5-6-15(19)18(20)21/h7-8,10,13,15H,4-6,9,11-12H2,1-3H3,(H,20,21)/t15-/m1/s1. The Labute approximate surface area is 138 Å². The lowest BCUT2D eigenvalue weighted by atomic mass is 10.1. The second-order valence-corrected chi connectivity index (χ2v) is 6.39. The van der Waals surface area contributed by atoms with Crippen LogP contribution in [-0.4, -0.2) is 41.8 Å². The fourth-order valence-electron chi connectivity index (χ4n) is 2.82. The first-order chi connectivity index (χ1) is 11.0. The molecule has 1 atom stereocenters. The molecule has 0 aromatic heterocycles. The van der Waals surface area contributed by atoms with E-state index in [0.717, 1.165) is 36.4 Å². The van der Waals surface area contributed by atoms with Gasteiger partial charge >= 0.3 is 5.97 Å². The third kappa shape index (κ3) is 4.86. The molecule has 23 heavy (non-hydrogen) atoms. The summed E-state index contributed by atoms with van der Waals surface area (Å²) in [5, 5.41) is 9.28. The van der Waals surface area contributed by atoms with Crippen molar-refractivity contribution in [1.29, 1.82) is 0 Å². The average molecular weight is 321 g/mol. The number of benzene rings is 1. The van der Waals surface area contributed by atoms with Gasteiger partial charge in [-0.25, -0.2) is 0 Å². The number of rotatable bonds is 8. The average Bonchev–Trinajstić information content (AvgIpc) is 2.95. The first-order valence-corrected chi connectivity index (χ1v) is 8.36. The Bertz CT molecular complexity index is 530. The molecule has 1 aliphatic rings. The molecule has 0 spiro atoms. The zero-order chi connectivity index (χ0) is 16.8. The SMILES string of the molecule is CCOc1cc(CN2CCC[C@@H]2C(=O)O)ccc1OCC(C)C. The molecule has 1 fully saturated rings. The summed E-state index contributed by atoms with van der Waals surface area (Å²) >= 11 is 0. The van der Waals surface area contributed by atoms with Gasteiger partial charge in [-0.3, -0.25) is 9.69 Å². The van der Waals surface area contributed by atoms with Crippen molar-refractivity contribution >= 4 is 5.97 Å². The van der Waals surface area contributed by atoms with Gasteiger partial charge in [0.25, 0.3) is 0 Å². The van der Waals surface area contributed by atoms with E-state index in [2.05, 4.69) is 13.8 Å². The number of carbonyl (C=O) groups is 1. The lowest BCUT2D eigenvalue weighted by Gasteiger charge is -2.22. The number of hydrogen-bond donors (Lipinski definition) is 1. The van der Waals surface area contributed by atoms with E-state index < -0.39 is 5.97 Å². The summed E-state index contributed by atoms with van der Waals surface area (Å²) in [6.07, 6.45) is 1.66. The molecule has 5 nitrogen and oxygen atoms in total. The molecule has 1 heterocycles. The minimum Gasteiger partial charge on any atom is -0.490 e. The zero-order valence-corrected chi connectivity index (χ0v) is 14.2. The van der Waals surface area contributed by atoms with Crippen LogP contribution in [0.4, 0.5) is 0 Å². The molecule has 0 saturated carbocycles. The second-order valence-electron chi connectivity index (χ2n) is 6.39. The summed E-state index contributed by atoms with van der Waals surface area (Å²) in [6, 6.07) is 5.52. The number of hydrogen-bond acceptors (Lipinski definition) is 4. The van der Waals surface area contributed by atoms with E-state index in [-0.39, 0.29) is 6.04 Å². The van der Waals surface area contributed by atoms with Crippen molar-refractivity contribution in [2.24, 2.45) is 5.92 Å². The van der Waals surface area contributed by atoms with Gasteiger partial charge in [-0.15, -0.1) is 0 Å². The van der Waals surface area contributed by atoms with Crippen molar-refractivity contribution in [3.63, 3.8) is 0 Å². The van der Waals surface area contributed by atoms with E-state index in [1.54, 1.807) is 0 Å². The Morgan fingerprint density at radius 3 is 2.78 bits per heavy atom. The third-order valence-corrected chi connectivity index (χ3v) is 3.91. The highest BCUT2D eigenvalue weighted by molar-refractivity contribution is 5.73. The van der Waals surface area contributed by atoms with Crippen molar-refractivity contribution in [1.82, 2.24) is 4.90 Å². The topological polar surface area (TPSA) is 59.0 Å². The Morgan fingerprint density at radius 2 is 2.13 bits per heavy atom. The Kier molecular flexibility index (Phi) is 6.28. The fraction of sp³-hybridized carbons (Fsp3) is 0.611. The first-order valence-electron chi connectivity index (χ1n) is 8.36. The molecular formula is C18H27NO4. The number of nitrogens with zero attached hydrogens (tertiary/aromatic N) is 1. The summed E-state index contributed by atoms with van der Waals surface area (Å²) < 4.78 is 11.5. The van der Waals surface area contributed by atoms with Crippen LogP contribution >= 0.6 is 0 Å². The third-order valence-electron chi connectivity index (χ3n) is 3.91. The Hall–Kier alpha value is -1.75. The van der Waals surface area contributed by atoms with Crippen molar-refractivity contribution in [2.75, 3.05) is 19.8 Å². The van der Waals surface area contributed by atoms with Crippen molar-refractivity contribution in [3.05, 3.63) is 23.8 Å². The lowest BCUT2D eigenvalue weighted by molar-refractivity contribution is -0.142. The van der Waals surface area contributed by atoms with Gasteiger partial charge < -0.3 is 14.6 Å². The highest BCUT2D eigenvalue weighted by atomic mass is 16.5. The minimum atomic E-state index is -0.732. The second kappa shape index (κ2) is 8.20. The van der Waals surface area contributed by atoms with E-state index in [1.165, 1.54) is 0 Å². The number of aliphatic carboxylic acids is 1. The van der Waals surface area contributed by atoms with E-state index in [4.69, 9.17) is 9.47 Å². The fourth-order valence-corrected chi connectivity index (χ4v) is 2.82. The molecule has 1 saturated heterocycles. The molecule has 0 aliphatic carbocycles. The molecular weight excluding hydrogens is 294 g/mol. The van der Waals surface area contributed by atoms with Crippen LogP contribution in [0.5, 0.6) is 11.5 Å². The molecule has 2 rings (SSSR count). The minimum absolute atomic E-state index is 0.373. The van der Waals surface area contributed by atoms with Crippen molar-refractivity contribution in [3.8, 4) is 11.5 Å². The molecule has 128 valence electrons. The van der Waals surface area contributed by atoms with Crippen LogP contribution in [0.1, 0.15) is 39.2 Å². The first kappa shape index (κ1) is 17.6. The van der Waals surface area contributed by atoms with Gasteiger partial charge in [-0.05, 0) is 49.9 Å². The molecule has 1 N–H and O–H groups in total. The largest absolute Gasteiger partial charge is 0.490 e. The predicted octanol–water partition coefficient (Wildman–Crippen LogP) is 3.17. The van der Waals surface area contributed by atoms with Crippen LogP contribution in [0.25, 0.3) is 0 Å². The highest BCUT2D eigenvalue weighted by Gasteiger charge is 2.30. The van der Waals surface area contributed by atoms with E-state index in [0.29, 0.717) is 25.7 Å². The van der Waals surface area contributed by atoms with E-state index in [1.807, 2.05) is 30.0 Å². The predicted molar refractivity (Wildman–Crippen MR) is 89.0 cm³/mol. The van der Waals surface area contributed by atoms with Crippen LogP contribution < -0.4 is 9.47 Å². The van der Waals surface area contributed by atoms with Crippen LogP contribution in [0, 0.1) is 5.92 Å². The van der Waals surface area contributed by atoms with Gasteiger partial charge in [0.1, 0.15) is 6.04 Å². The molecule has 0 radical (unpaired) electrons. The summed E-state index contributed by atoms with van der Waals surface area (Å²) in [4.78, 5) is 13.3. The molecule has 1 aromatic rings. The Morgan fingerprint density at radius 1 is 1.35 bits per heavy atom. The number of likely N-dealkylation sites (tertiary alicyclic amines) is 1. The number of ether oxygens (including phenoxy) is 2. The van der Waals surface area contributed by atoms with Crippen molar-refractivity contribution < 1.29 is 19.4 Å². The van der Waals surface area contributed by atoms with Crippen LogP contribution in [0.2, 0.25) is 0 Å². The molecule has 0 unspecified atom stereocenters. The van der Waals surface area contributed by atoms with Crippen molar-refractivity contribution in [2.45, 2.75) is 46.2 Å². The molecule has 0 amide bonds. The highest BCUT2D eigenvalue weighted by Crippen LogP contribution is 2.30. The summed E-state index contributed by atoms with van der Waals surface area (Å²) in [5.41, 5.74) is 1.05. The maximum absolute atomic E-state index is 11.3. The number of carboxylic acids is 1. The molecule has 0 bridgehead atoms. The van der Waals surface area contributed by atoms with Crippen LogP contribution in [-0.2, 0) is 11.3 Å². The van der Waals surface area contributed by atoms with Gasteiger partial charge in [-0.1, -0.05) is 19.9 Å². The van der Waals surface area contributed by atoms with Crippen LogP contribution in [0.3, 0.4) is 0 Å². The maximum Gasteiger partial charge on any atom is 0.320 e. The summed E-state index contributed by atoms with van der Waals surface area (Å²) in [7, 11) is 0. The van der Waals surface area contributed by atoms with Gasteiger partial charge in [0.05, 0.1) is 13.2 Å². The lowest BCUT2D eigenvalue weighted by Crippen LogP contribution is -2.35. The molecule has 1 aromatic carbocycles. The summed E-state index contributed by atoms with van der Waals surface area (Å²) in [5.74, 6) is 1.20.